The Labute approximate surface area is 139 Å². The highest BCUT2D eigenvalue weighted by Gasteiger charge is 2.24. The van der Waals surface area contributed by atoms with Crippen molar-refractivity contribution in [1.29, 1.82) is 0 Å². The van der Waals surface area contributed by atoms with Gasteiger partial charge in [-0.25, -0.2) is 9.97 Å². The molecule has 2 heterocycles. The van der Waals surface area contributed by atoms with Crippen LogP contribution in [0.3, 0.4) is 0 Å². The van der Waals surface area contributed by atoms with E-state index < -0.39 is 0 Å². The van der Waals surface area contributed by atoms with Gasteiger partial charge < -0.3 is 0 Å². The van der Waals surface area contributed by atoms with Gasteiger partial charge in [0.25, 0.3) is 0 Å². The van der Waals surface area contributed by atoms with Crippen LogP contribution in [0.25, 0.3) is 16.9 Å². The second-order valence-electron chi connectivity index (χ2n) is 5.92. The zero-order valence-electron chi connectivity index (χ0n) is 12.9. The number of Topliss-reactive ketones (excluding diaryl/α,β-unsaturated/α-hetero) is 1. The summed E-state index contributed by atoms with van der Waals surface area (Å²) in [6.45, 7) is 0. The van der Waals surface area contributed by atoms with Gasteiger partial charge in [-0.2, -0.15) is 0 Å². The van der Waals surface area contributed by atoms with Crippen LogP contribution in [0.5, 0.6) is 0 Å². The van der Waals surface area contributed by atoms with Gasteiger partial charge in [0.2, 0.25) is 0 Å². The first-order valence-corrected chi connectivity index (χ1v) is 8.98. The zero-order valence-corrected chi connectivity index (χ0v) is 13.7. The first kappa shape index (κ1) is 14.5. The molecule has 0 radical (unpaired) electrons. The van der Waals surface area contributed by atoms with Crippen molar-refractivity contribution in [3.8, 4) is 11.3 Å². The number of carbonyl (C=O) groups is 1. The standard InChI is InChI=1S/C18H17N3OS/c1-23-18-17-20-11-15(21(17)9-8-19-18)13-4-6-14(7-5-13)16(22)10-12-2-3-12/h4-9,11-12H,2-3,10H2,1H3. The van der Waals surface area contributed by atoms with Crippen LogP contribution in [-0.4, -0.2) is 26.4 Å². The van der Waals surface area contributed by atoms with Crippen molar-refractivity contribution in [3.63, 3.8) is 0 Å². The van der Waals surface area contributed by atoms with Gasteiger partial charge in [-0.15, -0.1) is 11.8 Å². The van der Waals surface area contributed by atoms with Crippen molar-refractivity contribution in [1.82, 2.24) is 14.4 Å². The molecule has 1 aromatic carbocycles. The average molecular weight is 323 g/mol. The highest BCUT2D eigenvalue weighted by atomic mass is 32.2. The van der Waals surface area contributed by atoms with E-state index in [1.165, 1.54) is 12.8 Å². The SMILES string of the molecule is CSc1nccn2c(-c3ccc(C(=O)CC4CC4)cc3)cnc12. The lowest BCUT2D eigenvalue weighted by Crippen LogP contribution is -2.00. The van der Waals surface area contributed by atoms with Crippen molar-refractivity contribution >= 4 is 23.2 Å². The van der Waals surface area contributed by atoms with Gasteiger partial charge in [0.15, 0.2) is 11.4 Å². The summed E-state index contributed by atoms with van der Waals surface area (Å²) in [4.78, 5) is 21.0. The van der Waals surface area contributed by atoms with Crippen LogP contribution in [0.4, 0.5) is 0 Å². The molecule has 0 amide bonds. The van der Waals surface area contributed by atoms with E-state index in [0.29, 0.717) is 12.3 Å². The number of thioether (sulfide) groups is 1. The Kier molecular flexibility index (Phi) is 3.65. The summed E-state index contributed by atoms with van der Waals surface area (Å²) in [5, 5.41) is 0.912. The number of rotatable bonds is 5. The number of aromatic nitrogens is 3. The molecule has 0 spiro atoms. The second-order valence-corrected chi connectivity index (χ2v) is 6.72. The minimum atomic E-state index is 0.256. The number of hydrogen-bond acceptors (Lipinski definition) is 4. The van der Waals surface area contributed by atoms with Crippen LogP contribution in [0, 0.1) is 5.92 Å². The van der Waals surface area contributed by atoms with Gasteiger partial charge in [0.05, 0.1) is 11.9 Å². The number of carbonyl (C=O) groups excluding carboxylic acids is 1. The number of fused-ring (bicyclic) bond motifs is 1. The molecule has 116 valence electrons. The van der Waals surface area contributed by atoms with Crippen LogP contribution in [-0.2, 0) is 0 Å². The van der Waals surface area contributed by atoms with Crippen LogP contribution >= 0.6 is 11.8 Å². The summed E-state index contributed by atoms with van der Waals surface area (Å²) in [7, 11) is 0. The molecule has 0 saturated heterocycles. The van der Waals surface area contributed by atoms with Gasteiger partial charge in [0.1, 0.15) is 5.03 Å². The van der Waals surface area contributed by atoms with Crippen LogP contribution in [0.15, 0.2) is 47.9 Å². The predicted octanol–water partition coefficient (Wildman–Crippen LogP) is 4.10. The Morgan fingerprint density at radius 3 is 2.74 bits per heavy atom. The largest absolute Gasteiger partial charge is 0.296 e. The average Bonchev–Trinajstić information content (AvgIpc) is 3.30. The van der Waals surface area contributed by atoms with Crippen molar-refractivity contribution in [2.24, 2.45) is 5.92 Å². The lowest BCUT2D eigenvalue weighted by Gasteiger charge is -2.05. The maximum Gasteiger partial charge on any atom is 0.170 e. The van der Waals surface area contributed by atoms with Gasteiger partial charge in [-0.3, -0.25) is 9.20 Å². The summed E-state index contributed by atoms with van der Waals surface area (Å²) in [6, 6.07) is 7.86. The van der Waals surface area contributed by atoms with Crippen molar-refractivity contribution in [3.05, 3.63) is 48.4 Å². The number of benzene rings is 1. The monoisotopic (exact) mass is 323 g/mol. The molecule has 1 saturated carbocycles. The molecule has 0 N–H and O–H groups in total. The fourth-order valence-corrected chi connectivity index (χ4v) is 3.28. The highest BCUT2D eigenvalue weighted by Crippen LogP contribution is 2.33. The molecule has 4 rings (SSSR count). The molecule has 0 atom stereocenters. The molecule has 4 nitrogen and oxygen atoms in total. The Morgan fingerprint density at radius 2 is 2.04 bits per heavy atom. The summed E-state index contributed by atoms with van der Waals surface area (Å²) in [6.07, 6.45) is 10.7. The molecule has 1 fully saturated rings. The first-order chi connectivity index (χ1) is 11.3. The molecular formula is C18H17N3OS. The maximum absolute atomic E-state index is 12.2. The smallest absolute Gasteiger partial charge is 0.170 e. The molecular weight excluding hydrogens is 306 g/mol. The molecule has 1 aliphatic carbocycles. The summed E-state index contributed by atoms with van der Waals surface area (Å²) < 4.78 is 2.04. The normalized spacial score (nSPS) is 14.3. The third kappa shape index (κ3) is 2.77. The van der Waals surface area contributed by atoms with Gasteiger partial charge in [-0.05, 0) is 25.0 Å². The summed E-state index contributed by atoms with van der Waals surface area (Å²) >= 11 is 1.59. The predicted molar refractivity (Wildman–Crippen MR) is 91.9 cm³/mol. The van der Waals surface area contributed by atoms with Gasteiger partial charge in [-0.1, -0.05) is 24.3 Å². The Bertz CT molecular complexity index is 866. The Hall–Kier alpha value is -2.14. The Morgan fingerprint density at radius 1 is 1.26 bits per heavy atom. The van der Waals surface area contributed by atoms with Gasteiger partial charge in [0, 0.05) is 29.9 Å². The third-order valence-electron chi connectivity index (χ3n) is 4.26. The number of ketones is 1. The quantitative estimate of drug-likeness (QED) is 0.524. The van der Waals surface area contributed by atoms with Crippen LogP contribution in [0.1, 0.15) is 29.6 Å². The van der Waals surface area contributed by atoms with E-state index in [1.807, 2.05) is 47.3 Å². The van der Waals surface area contributed by atoms with Crippen molar-refractivity contribution < 1.29 is 4.79 Å². The molecule has 0 aliphatic heterocycles. The van der Waals surface area contributed by atoms with Crippen LogP contribution < -0.4 is 0 Å². The maximum atomic E-state index is 12.2. The lowest BCUT2D eigenvalue weighted by molar-refractivity contribution is 0.0976. The Balaban J connectivity index is 1.66. The summed E-state index contributed by atoms with van der Waals surface area (Å²) in [5.74, 6) is 0.879. The molecule has 23 heavy (non-hydrogen) atoms. The van der Waals surface area contributed by atoms with E-state index in [9.17, 15) is 4.79 Å². The van der Waals surface area contributed by atoms with E-state index in [2.05, 4.69) is 9.97 Å². The number of hydrogen-bond donors (Lipinski definition) is 0. The van der Waals surface area contributed by atoms with Gasteiger partial charge >= 0.3 is 0 Å². The first-order valence-electron chi connectivity index (χ1n) is 7.76. The minimum Gasteiger partial charge on any atom is -0.296 e. The molecule has 1 aliphatic rings. The van der Waals surface area contributed by atoms with Crippen LogP contribution in [0.2, 0.25) is 0 Å². The van der Waals surface area contributed by atoms with E-state index >= 15 is 0 Å². The number of nitrogens with zero attached hydrogens (tertiary/aromatic N) is 3. The highest BCUT2D eigenvalue weighted by molar-refractivity contribution is 7.98. The van der Waals surface area contributed by atoms with E-state index in [4.69, 9.17) is 0 Å². The molecule has 0 unspecified atom stereocenters. The lowest BCUT2D eigenvalue weighted by atomic mass is 10.0. The topological polar surface area (TPSA) is 47.3 Å². The second kappa shape index (κ2) is 5.81. The van der Waals surface area contributed by atoms with E-state index in [0.717, 1.165) is 27.5 Å². The minimum absolute atomic E-state index is 0.256. The fourth-order valence-electron chi connectivity index (χ4n) is 2.78. The van der Waals surface area contributed by atoms with Crippen molar-refractivity contribution in [2.45, 2.75) is 24.3 Å². The third-order valence-corrected chi connectivity index (χ3v) is 4.94. The molecule has 3 aromatic rings. The van der Waals surface area contributed by atoms with E-state index in [-0.39, 0.29) is 5.78 Å². The van der Waals surface area contributed by atoms with Crippen molar-refractivity contribution in [2.75, 3.05) is 6.26 Å². The summed E-state index contributed by atoms with van der Waals surface area (Å²) in [5.41, 5.74) is 3.74. The fraction of sp³-hybridized carbons (Fsp3) is 0.278. The molecule has 5 heteroatoms. The zero-order chi connectivity index (χ0) is 15.8. The molecule has 2 aromatic heterocycles. The number of imidazole rings is 1. The van der Waals surface area contributed by atoms with E-state index in [1.54, 1.807) is 18.0 Å². The molecule has 0 bridgehead atoms.